The fourth-order valence-electron chi connectivity index (χ4n) is 2.17. The van der Waals surface area contributed by atoms with Gasteiger partial charge in [0.15, 0.2) is 11.0 Å². The van der Waals surface area contributed by atoms with Crippen molar-refractivity contribution < 1.29 is 5.11 Å². The minimum atomic E-state index is 0.0685. The van der Waals surface area contributed by atoms with Crippen LogP contribution in [0.5, 0.6) is 0 Å². The minimum Gasteiger partial charge on any atom is -0.392 e. The number of nitrogens with zero attached hydrogens (tertiary/aromatic N) is 5. The van der Waals surface area contributed by atoms with Gasteiger partial charge in [-0.3, -0.25) is 4.98 Å². The molecule has 23 heavy (non-hydrogen) atoms. The van der Waals surface area contributed by atoms with E-state index in [9.17, 15) is 0 Å². The van der Waals surface area contributed by atoms with Crippen LogP contribution in [0.4, 0.5) is 0 Å². The van der Waals surface area contributed by atoms with E-state index in [0.29, 0.717) is 0 Å². The maximum Gasteiger partial charge on any atom is 0.191 e. The van der Waals surface area contributed by atoms with Crippen LogP contribution in [0.25, 0.3) is 11.5 Å². The zero-order chi connectivity index (χ0) is 16.1. The van der Waals surface area contributed by atoms with Crippen molar-refractivity contribution in [2.45, 2.75) is 31.0 Å². The minimum absolute atomic E-state index is 0.0685. The molecule has 0 bridgehead atoms. The van der Waals surface area contributed by atoms with E-state index < -0.39 is 0 Å². The average molecular weight is 327 g/mol. The van der Waals surface area contributed by atoms with Gasteiger partial charge < -0.3 is 9.67 Å². The largest absolute Gasteiger partial charge is 0.392 e. The lowest BCUT2D eigenvalue weighted by atomic mass is 10.2. The van der Waals surface area contributed by atoms with Crippen LogP contribution in [0.2, 0.25) is 0 Å². The summed E-state index contributed by atoms with van der Waals surface area (Å²) in [5.74, 6) is 1.53. The summed E-state index contributed by atoms with van der Waals surface area (Å²) in [7, 11) is 0. The van der Waals surface area contributed by atoms with E-state index in [0.717, 1.165) is 34.5 Å². The monoisotopic (exact) mass is 327 g/mol. The first kappa shape index (κ1) is 15.6. The second kappa shape index (κ2) is 7.34. The SMILES string of the molecule is CCn1c(SCc2ccc(CO)cc2)nnc1-c1cnccn1. The summed E-state index contributed by atoms with van der Waals surface area (Å²) in [6, 6.07) is 7.92. The van der Waals surface area contributed by atoms with Crippen molar-refractivity contribution in [1.29, 1.82) is 0 Å². The van der Waals surface area contributed by atoms with Gasteiger partial charge in [0, 0.05) is 24.7 Å². The number of aromatic nitrogens is 5. The molecular weight excluding hydrogens is 310 g/mol. The highest BCUT2D eigenvalue weighted by atomic mass is 32.2. The molecule has 118 valence electrons. The quantitative estimate of drug-likeness (QED) is 0.701. The number of hydrogen-bond acceptors (Lipinski definition) is 6. The van der Waals surface area contributed by atoms with Gasteiger partial charge in [0.25, 0.3) is 0 Å². The van der Waals surface area contributed by atoms with Gasteiger partial charge >= 0.3 is 0 Å². The molecule has 0 spiro atoms. The lowest BCUT2D eigenvalue weighted by Crippen LogP contribution is -2.01. The fraction of sp³-hybridized carbons (Fsp3) is 0.250. The molecule has 0 fully saturated rings. The number of aliphatic hydroxyl groups excluding tert-OH is 1. The Hall–Kier alpha value is -2.25. The van der Waals surface area contributed by atoms with Gasteiger partial charge in [-0.2, -0.15) is 0 Å². The number of aliphatic hydroxyl groups is 1. The molecule has 0 aliphatic carbocycles. The Kier molecular flexibility index (Phi) is 4.99. The summed E-state index contributed by atoms with van der Waals surface area (Å²) >= 11 is 1.63. The van der Waals surface area contributed by atoms with Crippen LogP contribution in [0.3, 0.4) is 0 Å². The molecule has 3 rings (SSSR count). The predicted molar refractivity (Wildman–Crippen MR) is 88.6 cm³/mol. The molecule has 7 heteroatoms. The highest BCUT2D eigenvalue weighted by Gasteiger charge is 2.14. The van der Waals surface area contributed by atoms with Crippen molar-refractivity contribution in [2.24, 2.45) is 0 Å². The smallest absolute Gasteiger partial charge is 0.191 e. The van der Waals surface area contributed by atoms with Crippen LogP contribution in [-0.4, -0.2) is 29.8 Å². The number of benzene rings is 1. The summed E-state index contributed by atoms with van der Waals surface area (Å²) in [5.41, 5.74) is 2.82. The highest BCUT2D eigenvalue weighted by molar-refractivity contribution is 7.98. The van der Waals surface area contributed by atoms with E-state index >= 15 is 0 Å². The molecule has 0 unspecified atom stereocenters. The molecule has 1 N–H and O–H groups in total. The van der Waals surface area contributed by atoms with Crippen molar-refractivity contribution in [3.8, 4) is 11.5 Å². The van der Waals surface area contributed by atoms with Gasteiger partial charge in [0.05, 0.1) is 12.8 Å². The second-order valence-corrected chi connectivity index (χ2v) is 5.85. The van der Waals surface area contributed by atoms with Crippen molar-refractivity contribution in [1.82, 2.24) is 24.7 Å². The van der Waals surface area contributed by atoms with Gasteiger partial charge in [-0.25, -0.2) is 4.98 Å². The lowest BCUT2D eigenvalue weighted by Gasteiger charge is -2.07. The Bertz CT molecular complexity index is 758. The van der Waals surface area contributed by atoms with Crippen LogP contribution in [0.15, 0.2) is 48.0 Å². The maximum atomic E-state index is 9.08. The van der Waals surface area contributed by atoms with E-state index in [-0.39, 0.29) is 6.61 Å². The molecule has 3 aromatic rings. The summed E-state index contributed by atoms with van der Waals surface area (Å²) < 4.78 is 2.04. The molecule has 2 heterocycles. The molecule has 6 nitrogen and oxygen atoms in total. The standard InChI is InChI=1S/C16H17N5OS/c1-2-21-15(14-9-17-7-8-18-14)19-20-16(21)23-11-13-5-3-12(10-22)4-6-13/h3-9,22H,2,10-11H2,1H3. The molecule has 2 aromatic heterocycles. The first-order chi connectivity index (χ1) is 11.3. The molecule has 1 aromatic carbocycles. The van der Waals surface area contributed by atoms with Crippen LogP contribution in [0.1, 0.15) is 18.1 Å². The Labute approximate surface area is 138 Å². The highest BCUT2D eigenvalue weighted by Crippen LogP contribution is 2.25. The van der Waals surface area contributed by atoms with Gasteiger partial charge in [-0.1, -0.05) is 36.0 Å². The number of rotatable bonds is 6. The van der Waals surface area contributed by atoms with E-state index in [1.807, 2.05) is 28.8 Å². The third-order valence-electron chi connectivity index (χ3n) is 3.40. The van der Waals surface area contributed by atoms with Crippen molar-refractivity contribution in [3.05, 3.63) is 54.0 Å². The molecule has 0 aliphatic rings. The van der Waals surface area contributed by atoms with Gasteiger partial charge in [-0.15, -0.1) is 10.2 Å². The Morgan fingerprint density at radius 3 is 2.52 bits per heavy atom. The average Bonchev–Trinajstić information content (AvgIpc) is 3.04. The fourth-order valence-corrected chi connectivity index (χ4v) is 3.13. The maximum absolute atomic E-state index is 9.08. The molecule has 0 saturated carbocycles. The third-order valence-corrected chi connectivity index (χ3v) is 4.44. The first-order valence-corrected chi connectivity index (χ1v) is 8.31. The molecule has 0 radical (unpaired) electrons. The summed E-state index contributed by atoms with van der Waals surface area (Å²) in [5, 5.41) is 18.5. The first-order valence-electron chi connectivity index (χ1n) is 7.33. The van der Waals surface area contributed by atoms with Gasteiger partial charge in [-0.05, 0) is 18.1 Å². The van der Waals surface area contributed by atoms with E-state index in [2.05, 4.69) is 27.1 Å². The Morgan fingerprint density at radius 1 is 1.09 bits per heavy atom. The normalized spacial score (nSPS) is 10.9. The topological polar surface area (TPSA) is 76.7 Å². The van der Waals surface area contributed by atoms with Crippen molar-refractivity contribution in [3.63, 3.8) is 0 Å². The van der Waals surface area contributed by atoms with Crippen LogP contribution < -0.4 is 0 Å². The van der Waals surface area contributed by atoms with Crippen molar-refractivity contribution >= 4 is 11.8 Å². The lowest BCUT2D eigenvalue weighted by molar-refractivity contribution is 0.282. The Morgan fingerprint density at radius 2 is 1.87 bits per heavy atom. The summed E-state index contributed by atoms with van der Waals surface area (Å²) in [6.07, 6.45) is 4.99. The van der Waals surface area contributed by atoms with Crippen LogP contribution in [-0.2, 0) is 18.9 Å². The molecule has 0 amide bonds. The van der Waals surface area contributed by atoms with E-state index in [4.69, 9.17) is 5.11 Å². The zero-order valence-electron chi connectivity index (χ0n) is 12.8. The number of thioether (sulfide) groups is 1. The zero-order valence-corrected chi connectivity index (χ0v) is 13.6. The molecule has 0 saturated heterocycles. The van der Waals surface area contributed by atoms with Crippen LogP contribution in [0, 0.1) is 0 Å². The predicted octanol–water partition coefficient (Wildman–Crippen LogP) is 2.54. The summed E-state index contributed by atoms with van der Waals surface area (Å²) in [4.78, 5) is 8.37. The molecule has 0 atom stereocenters. The molecular formula is C16H17N5OS. The molecule has 0 aliphatic heterocycles. The van der Waals surface area contributed by atoms with E-state index in [1.165, 1.54) is 5.56 Å². The van der Waals surface area contributed by atoms with Gasteiger partial charge in [0.2, 0.25) is 0 Å². The van der Waals surface area contributed by atoms with Crippen LogP contribution >= 0.6 is 11.8 Å². The second-order valence-electron chi connectivity index (χ2n) is 4.90. The summed E-state index contributed by atoms with van der Waals surface area (Å²) in [6.45, 7) is 2.90. The number of hydrogen-bond donors (Lipinski definition) is 1. The Balaban J connectivity index is 1.76. The van der Waals surface area contributed by atoms with Gasteiger partial charge in [0.1, 0.15) is 5.69 Å². The van der Waals surface area contributed by atoms with E-state index in [1.54, 1.807) is 30.4 Å². The third kappa shape index (κ3) is 3.57. The van der Waals surface area contributed by atoms with Crippen molar-refractivity contribution in [2.75, 3.05) is 0 Å².